The molecule has 3 amide bonds. The Kier molecular flexibility index (Phi) is 11.1. The van der Waals surface area contributed by atoms with Gasteiger partial charge < -0.3 is 30.9 Å². The molecule has 0 spiro atoms. The molecule has 1 fully saturated rings. The number of nitrogens with zero attached hydrogens (tertiary/aromatic N) is 1. The van der Waals surface area contributed by atoms with Crippen LogP contribution >= 0.6 is 11.6 Å². The van der Waals surface area contributed by atoms with Gasteiger partial charge in [0.1, 0.15) is 11.5 Å². The van der Waals surface area contributed by atoms with Crippen molar-refractivity contribution in [1.82, 2.24) is 10.3 Å². The van der Waals surface area contributed by atoms with Crippen LogP contribution in [0.2, 0.25) is 5.02 Å². The number of aliphatic hydroxyl groups excluding tert-OH is 1. The number of aliphatic hydroxyl groups is 1. The van der Waals surface area contributed by atoms with Crippen LogP contribution in [0.5, 0.6) is 17.4 Å². The number of rotatable bonds is 6. The number of anilines is 1. The zero-order chi connectivity index (χ0) is 28.5. The fourth-order valence-corrected chi connectivity index (χ4v) is 3.12. The Balaban J connectivity index is 0.000000559. The Hall–Kier alpha value is -3.65. The van der Waals surface area contributed by atoms with E-state index in [1.54, 1.807) is 49.4 Å². The molecule has 38 heavy (non-hydrogen) atoms. The molecule has 206 valence electrons. The number of benzene rings is 2. The van der Waals surface area contributed by atoms with Gasteiger partial charge in [-0.3, -0.25) is 9.35 Å². The van der Waals surface area contributed by atoms with Gasteiger partial charge in [-0.15, -0.1) is 0 Å². The molecule has 1 saturated carbocycles. The molecule has 2 aromatic carbocycles. The van der Waals surface area contributed by atoms with E-state index in [4.69, 9.17) is 36.5 Å². The molecule has 4 rings (SSSR count). The third-order valence-electron chi connectivity index (χ3n) is 4.57. The number of hydrogen-bond donors (Lipinski definition) is 5. The summed E-state index contributed by atoms with van der Waals surface area (Å²) in [5.41, 5.74) is 6.73. The molecule has 1 aliphatic carbocycles. The zero-order valence-corrected chi connectivity index (χ0v) is 22.5. The summed E-state index contributed by atoms with van der Waals surface area (Å²) in [5.74, 6) is 0.547. The fourth-order valence-electron chi connectivity index (χ4n) is 2.90. The fraction of sp³-hybridized carbons (Fsp3) is 0.292. The molecular weight excluding hydrogens is 540 g/mol. The second-order valence-electron chi connectivity index (χ2n) is 7.92. The zero-order valence-electron chi connectivity index (χ0n) is 20.9. The maximum atomic E-state index is 11.9. The summed E-state index contributed by atoms with van der Waals surface area (Å²) in [6.45, 7) is 1.93. The number of fused-ring (bicyclic) bond motifs is 1. The average molecular weight is 569 g/mol. The number of ether oxygens (including phenoxy) is 2. The van der Waals surface area contributed by atoms with E-state index >= 15 is 0 Å². The van der Waals surface area contributed by atoms with Crippen molar-refractivity contribution in [2.24, 2.45) is 5.73 Å². The first-order chi connectivity index (χ1) is 17.8. The van der Waals surface area contributed by atoms with Gasteiger partial charge in [0.25, 0.3) is 16.0 Å². The van der Waals surface area contributed by atoms with E-state index in [0.717, 1.165) is 18.2 Å². The number of nitrogens with two attached hydrogens (primary N) is 1. The molecule has 14 heteroatoms. The molecule has 12 nitrogen and oxygen atoms in total. The van der Waals surface area contributed by atoms with Crippen LogP contribution in [-0.2, 0) is 10.1 Å². The summed E-state index contributed by atoms with van der Waals surface area (Å²) in [6, 6.07) is 11.6. The number of primary amides is 1. The number of methoxy groups -OCH3 is 1. The van der Waals surface area contributed by atoms with Gasteiger partial charge in [0.05, 0.1) is 35.2 Å². The summed E-state index contributed by atoms with van der Waals surface area (Å²) in [7, 11) is -2.21. The molecule has 3 aromatic rings. The van der Waals surface area contributed by atoms with E-state index in [1.807, 2.05) is 0 Å². The predicted molar refractivity (Wildman–Crippen MR) is 144 cm³/mol. The number of amides is 3. The number of urea groups is 1. The summed E-state index contributed by atoms with van der Waals surface area (Å²) in [4.78, 5) is 27.9. The van der Waals surface area contributed by atoms with Crippen molar-refractivity contribution in [3.63, 3.8) is 0 Å². The summed E-state index contributed by atoms with van der Waals surface area (Å²) >= 11 is 6.27. The molecule has 0 aliphatic heterocycles. The molecule has 1 aliphatic rings. The lowest BCUT2D eigenvalue weighted by molar-refractivity contribution is 0.0997. The number of hydrogen-bond acceptors (Lipinski definition) is 8. The van der Waals surface area contributed by atoms with Crippen LogP contribution in [0.25, 0.3) is 10.9 Å². The third-order valence-corrected chi connectivity index (χ3v) is 4.89. The van der Waals surface area contributed by atoms with E-state index in [0.29, 0.717) is 39.9 Å². The quantitative estimate of drug-likeness (QED) is 0.276. The average Bonchev–Trinajstić information content (AvgIpc) is 3.63. The highest BCUT2D eigenvalue weighted by atomic mass is 35.5. The Labute approximate surface area is 224 Å². The minimum atomic E-state index is -3.67. The summed E-state index contributed by atoms with van der Waals surface area (Å²) < 4.78 is 36.9. The molecule has 6 N–H and O–H groups in total. The number of carbonyl (C=O) groups excluding carboxylic acids is 2. The first-order valence-corrected chi connectivity index (χ1v) is 13.4. The van der Waals surface area contributed by atoms with Gasteiger partial charge in [-0.2, -0.15) is 8.42 Å². The van der Waals surface area contributed by atoms with Gasteiger partial charge in [-0.25, -0.2) is 9.78 Å². The monoisotopic (exact) mass is 568 g/mol. The van der Waals surface area contributed by atoms with Crippen molar-refractivity contribution in [1.29, 1.82) is 0 Å². The molecule has 0 atom stereocenters. The van der Waals surface area contributed by atoms with Gasteiger partial charge in [0.15, 0.2) is 0 Å². The van der Waals surface area contributed by atoms with E-state index in [-0.39, 0.29) is 24.2 Å². The van der Waals surface area contributed by atoms with Crippen LogP contribution in [0.4, 0.5) is 10.5 Å². The predicted octanol–water partition coefficient (Wildman–Crippen LogP) is 3.57. The van der Waals surface area contributed by atoms with Crippen LogP contribution in [0.15, 0.2) is 42.5 Å². The van der Waals surface area contributed by atoms with E-state index in [1.165, 1.54) is 7.11 Å². The Morgan fingerprint density at radius 1 is 1.18 bits per heavy atom. The van der Waals surface area contributed by atoms with Crippen LogP contribution in [-0.4, -0.2) is 61.0 Å². The molecule has 0 radical (unpaired) electrons. The Morgan fingerprint density at radius 2 is 1.82 bits per heavy atom. The highest BCUT2D eigenvalue weighted by Gasteiger charge is 2.23. The molecule has 0 saturated heterocycles. The summed E-state index contributed by atoms with van der Waals surface area (Å²) in [5, 5.41) is 14.2. The van der Waals surface area contributed by atoms with Crippen molar-refractivity contribution >= 4 is 50.2 Å². The number of nitrogens with one attached hydrogen (secondary N) is 2. The van der Waals surface area contributed by atoms with Crippen LogP contribution in [0.3, 0.4) is 0 Å². The van der Waals surface area contributed by atoms with Crippen LogP contribution in [0.1, 0.15) is 30.1 Å². The SMILES string of the molecule is CCO.COc1cc2nc(Oc3ccc(NC(=O)NC4CC4)c(Cl)c3)ccc2cc1C(N)=O.CS(=O)(=O)O. The highest BCUT2D eigenvalue weighted by molar-refractivity contribution is 7.85. The first-order valence-electron chi connectivity index (χ1n) is 11.2. The molecule has 1 aromatic heterocycles. The largest absolute Gasteiger partial charge is 0.496 e. The standard InChI is InChI=1S/C21H19ClN4O4.C2H6O.CH4O3S/c1-29-18-10-17-11(8-14(18)20(23)27)2-7-19(25-17)30-13-5-6-16(15(22)9-13)26-21(28)24-12-3-4-12;1-2-3;1-5(2,3)4/h2,5-10,12H,3-4H2,1H3,(H2,23,27)(H2,24,26,28);3H,2H2,1H3;1H3,(H,2,3,4). The van der Waals surface area contributed by atoms with Crippen LogP contribution in [0, 0.1) is 0 Å². The van der Waals surface area contributed by atoms with Crippen LogP contribution < -0.4 is 25.8 Å². The second kappa shape index (κ2) is 13.8. The highest BCUT2D eigenvalue weighted by Crippen LogP contribution is 2.31. The van der Waals surface area contributed by atoms with Gasteiger partial charge in [-0.05, 0) is 44.0 Å². The van der Waals surface area contributed by atoms with Gasteiger partial charge in [0.2, 0.25) is 5.88 Å². The van der Waals surface area contributed by atoms with Crippen molar-refractivity contribution < 1.29 is 37.1 Å². The molecule has 0 bridgehead atoms. The summed E-state index contributed by atoms with van der Waals surface area (Å²) in [6.07, 6.45) is 2.72. The van der Waals surface area contributed by atoms with Gasteiger partial charge in [-0.1, -0.05) is 11.6 Å². The lowest BCUT2D eigenvalue weighted by Crippen LogP contribution is -2.30. The van der Waals surface area contributed by atoms with Crippen molar-refractivity contribution in [3.8, 4) is 17.4 Å². The lowest BCUT2D eigenvalue weighted by atomic mass is 10.1. The maximum Gasteiger partial charge on any atom is 0.319 e. The Bertz CT molecular complexity index is 1390. The smallest absolute Gasteiger partial charge is 0.319 e. The Morgan fingerprint density at radius 3 is 2.34 bits per heavy atom. The minimum Gasteiger partial charge on any atom is -0.496 e. The maximum absolute atomic E-state index is 11.9. The normalized spacial score (nSPS) is 12.3. The lowest BCUT2D eigenvalue weighted by Gasteiger charge is -2.11. The van der Waals surface area contributed by atoms with E-state index < -0.39 is 16.0 Å². The number of carbonyl (C=O) groups is 2. The number of pyridine rings is 1. The number of aromatic nitrogens is 1. The number of halogens is 1. The van der Waals surface area contributed by atoms with Gasteiger partial charge in [0, 0.05) is 36.2 Å². The van der Waals surface area contributed by atoms with E-state index in [2.05, 4.69) is 15.6 Å². The minimum absolute atomic E-state index is 0.250. The second-order valence-corrected chi connectivity index (χ2v) is 9.80. The third kappa shape index (κ3) is 10.4. The van der Waals surface area contributed by atoms with Crippen molar-refractivity contribution in [2.75, 3.05) is 25.3 Å². The molecular formula is C24H29ClN4O8S. The van der Waals surface area contributed by atoms with Crippen molar-refractivity contribution in [2.45, 2.75) is 25.8 Å². The van der Waals surface area contributed by atoms with Crippen molar-refractivity contribution in [3.05, 3.63) is 53.1 Å². The van der Waals surface area contributed by atoms with E-state index in [9.17, 15) is 18.0 Å². The first kappa shape index (κ1) is 30.6. The molecule has 1 heterocycles. The topological polar surface area (TPSA) is 190 Å². The van der Waals surface area contributed by atoms with Gasteiger partial charge >= 0.3 is 6.03 Å². The molecule has 0 unspecified atom stereocenters.